The molecule has 0 heteroatoms. The van der Waals surface area contributed by atoms with Crippen LogP contribution in [0.2, 0.25) is 0 Å². The SMILES string of the molecule is CCC(C)(CC)c1ccc2c(c1)C(c1cc(C)cc(C)c1)(c1cc(C)cc(C)c1)c1cc(C(C)(CC)CC)ccc1-2. The molecule has 0 aliphatic heterocycles. The van der Waals surface area contributed by atoms with Crippen molar-refractivity contribution in [2.24, 2.45) is 0 Å². The number of fused-ring (bicyclic) bond motifs is 3. The van der Waals surface area contributed by atoms with Crippen molar-refractivity contribution >= 4 is 0 Å². The Morgan fingerprint density at radius 1 is 0.463 bits per heavy atom. The molecule has 0 atom stereocenters. The van der Waals surface area contributed by atoms with Gasteiger partial charge in [0.1, 0.15) is 0 Å². The Labute approximate surface area is 250 Å². The number of rotatable bonds is 8. The zero-order valence-corrected chi connectivity index (χ0v) is 27.3. The lowest BCUT2D eigenvalue weighted by molar-refractivity contribution is 0.437. The van der Waals surface area contributed by atoms with Crippen LogP contribution in [0.1, 0.15) is 123 Å². The number of benzene rings is 4. The summed E-state index contributed by atoms with van der Waals surface area (Å²) in [7, 11) is 0. The maximum absolute atomic E-state index is 2.59. The molecular weight excluding hydrogens is 492 g/mol. The third-order valence-electron chi connectivity index (χ3n) is 11.0. The van der Waals surface area contributed by atoms with Crippen LogP contribution in [0.4, 0.5) is 0 Å². The summed E-state index contributed by atoms with van der Waals surface area (Å²) >= 11 is 0. The maximum Gasteiger partial charge on any atom is 0.0714 e. The first-order chi connectivity index (χ1) is 19.4. The lowest BCUT2D eigenvalue weighted by atomic mass is 9.65. The van der Waals surface area contributed by atoms with Gasteiger partial charge in [-0.1, -0.05) is 137 Å². The van der Waals surface area contributed by atoms with E-state index in [2.05, 4.69) is 142 Å². The van der Waals surface area contributed by atoms with Crippen molar-refractivity contribution in [2.75, 3.05) is 0 Å². The van der Waals surface area contributed by atoms with Gasteiger partial charge in [0.15, 0.2) is 0 Å². The van der Waals surface area contributed by atoms with Crippen molar-refractivity contribution in [1.29, 1.82) is 0 Å². The molecule has 5 rings (SSSR count). The average Bonchev–Trinajstić information content (AvgIpc) is 3.25. The third kappa shape index (κ3) is 4.59. The van der Waals surface area contributed by atoms with Crippen molar-refractivity contribution in [2.45, 2.75) is 111 Å². The van der Waals surface area contributed by atoms with E-state index >= 15 is 0 Å². The summed E-state index contributed by atoms with van der Waals surface area (Å²) in [4.78, 5) is 0. The molecule has 0 heterocycles. The minimum Gasteiger partial charge on any atom is -0.0645 e. The van der Waals surface area contributed by atoms with Gasteiger partial charge in [-0.3, -0.25) is 0 Å². The fraction of sp³-hybridized carbons (Fsp3) is 0.415. The minimum atomic E-state index is -0.380. The monoisotopic (exact) mass is 542 g/mol. The van der Waals surface area contributed by atoms with E-state index in [-0.39, 0.29) is 16.2 Å². The average molecular weight is 543 g/mol. The lowest BCUT2D eigenvalue weighted by Crippen LogP contribution is -2.31. The van der Waals surface area contributed by atoms with Gasteiger partial charge < -0.3 is 0 Å². The van der Waals surface area contributed by atoms with Gasteiger partial charge in [0.05, 0.1) is 5.41 Å². The molecule has 0 saturated carbocycles. The van der Waals surface area contributed by atoms with E-state index in [4.69, 9.17) is 0 Å². The summed E-state index contributed by atoms with van der Waals surface area (Å²) in [6.45, 7) is 23.3. The molecule has 0 amide bonds. The highest BCUT2D eigenvalue weighted by atomic mass is 14.5. The molecule has 0 bridgehead atoms. The van der Waals surface area contributed by atoms with Crippen LogP contribution in [0, 0.1) is 27.7 Å². The number of hydrogen-bond acceptors (Lipinski definition) is 0. The van der Waals surface area contributed by atoms with Gasteiger partial charge in [-0.05, 0) is 109 Å². The van der Waals surface area contributed by atoms with Gasteiger partial charge in [0.25, 0.3) is 0 Å². The first kappa shape index (κ1) is 29.4. The molecule has 0 fully saturated rings. The molecule has 0 saturated heterocycles. The number of aryl methyl sites for hydroxylation is 4. The van der Waals surface area contributed by atoms with Crippen LogP contribution in [-0.2, 0) is 16.2 Å². The fourth-order valence-electron chi connectivity index (χ4n) is 7.56. The molecule has 1 aliphatic carbocycles. The van der Waals surface area contributed by atoms with Crippen LogP contribution < -0.4 is 0 Å². The zero-order chi connectivity index (χ0) is 29.7. The highest BCUT2D eigenvalue weighted by Gasteiger charge is 2.47. The van der Waals surface area contributed by atoms with E-state index in [9.17, 15) is 0 Å². The zero-order valence-electron chi connectivity index (χ0n) is 27.3. The highest BCUT2D eigenvalue weighted by molar-refractivity contribution is 5.87. The lowest BCUT2D eigenvalue weighted by Gasteiger charge is -2.37. The fourth-order valence-corrected chi connectivity index (χ4v) is 7.56. The molecule has 1 aliphatic rings. The van der Waals surface area contributed by atoms with E-state index in [1.807, 2.05) is 0 Å². The van der Waals surface area contributed by atoms with Crippen LogP contribution in [0.5, 0.6) is 0 Å². The Kier molecular flexibility index (Phi) is 7.60. The minimum absolute atomic E-state index is 0.148. The second kappa shape index (κ2) is 10.6. The van der Waals surface area contributed by atoms with Crippen molar-refractivity contribution in [3.8, 4) is 11.1 Å². The maximum atomic E-state index is 2.59. The van der Waals surface area contributed by atoms with Crippen LogP contribution in [0.3, 0.4) is 0 Å². The van der Waals surface area contributed by atoms with Gasteiger partial charge in [0.2, 0.25) is 0 Å². The van der Waals surface area contributed by atoms with Crippen LogP contribution in [0.25, 0.3) is 11.1 Å². The van der Waals surface area contributed by atoms with E-state index in [0.717, 1.165) is 25.7 Å². The quantitative estimate of drug-likeness (QED) is 0.183. The first-order valence-corrected chi connectivity index (χ1v) is 15.9. The largest absolute Gasteiger partial charge is 0.0714 e. The smallest absolute Gasteiger partial charge is 0.0645 e. The summed E-state index contributed by atoms with van der Waals surface area (Å²) in [5.41, 5.74) is 16.6. The van der Waals surface area contributed by atoms with E-state index in [1.165, 1.54) is 66.8 Å². The normalized spacial score (nSPS) is 14.2. The molecule has 0 nitrogen and oxygen atoms in total. The van der Waals surface area contributed by atoms with Crippen LogP contribution >= 0.6 is 0 Å². The third-order valence-corrected chi connectivity index (χ3v) is 11.0. The summed E-state index contributed by atoms with van der Waals surface area (Å²) < 4.78 is 0. The Morgan fingerprint density at radius 2 is 0.780 bits per heavy atom. The standard InChI is InChI=1S/C41H50/c1-11-39(9,12-2)31-15-17-35-36-18-16-32(40(10,13-3)14-4)26-38(36)41(37(35)25-31,33-21-27(5)19-28(6)22-33)34-23-29(7)20-30(8)24-34/h15-26H,11-14H2,1-10H3. The van der Waals surface area contributed by atoms with Crippen LogP contribution in [0.15, 0.2) is 72.8 Å². The van der Waals surface area contributed by atoms with Crippen molar-refractivity contribution < 1.29 is 0 Å². The van der Waals surface area contributed by atoms with Crippen molar-refractivity contribution in [1.82, 2.24) is 0 Å². The van der Waals surface area contributed by atoms with Crippen LogP contribution in [-0.4, -0.2) is 0 Å². The summed E-state index contributed by atoms with van der Waals surface area (Å²) in [6.07, 6.45) is 4.52. The Bertz CT molecular complexity index is 1430. The Hall–Kier alpha value is -3.12. The molecule has 0 unspecified atom stereocenters. The molecule has 0 N–H and O–H groups in total. The molecule has 4 aromatic carbocycles. The molecule has 4 aromatic rings. The van der Waals surface area contributed by atoms with Gasteiger partial charge in [0, 0.05) is 0 Å². The van der Waals surface area contributed by atoms with Gasteiger partial charge in [-0.2, -0.15) is 0 Å². The topological polar surface area (TPSA) is 0 Å². The summed E-state index contributed by atoms with van der Waals surface area (Å²) in [5, 5.41) is 0. The van der Waals surface area contributed by atoms with Crippen molar-refractivity contribution in [3.05, 3.63) is 128 Å². The Balaban J connectivity index is 2.00. The van der Waals surface area contributed by atoms with Crippen molar-refractivity contribution in [3.63, 3.8) is 0 Å². The van der Waals surface area contributed by atoms with E-state index in [1.54, 1.807) is 0 Å². The predicted octanol–water partition coefficient (Wildman–Crippen LogP) is 11.4. The summed E-state index contributed by atoms with van der Waals surface area (Å²) in [6, 6.07) is 29.4. The highest BCUT2D eigenvalue weighted by Crippen LogP contribution is 2.58. The molecule has 0 radical (unpaired) electrons. The molecular formula is C41H50. The number of hydrogen-bond donors (Lipinski definition) is 0. The van der Waals surface area contributed by atoms with E-state index < -0.39 is 0 Å². The first-order valence-electron chi connectivity index (χ1n) is 15.9. The second-order valence-electron chi connectivity index (χ2n) is 13.6. The van der Waals surface area contributed by atoms with Gasteiger partial charge >= 0.3 is 0 Å². The summed E-state index contributed by atoms with van der Waals surface area (Å²) in [5.74, 6) is 0. The predicted molar refractivity (Wildman–Crippen MR) is 179 cm³/mol. The van der Waals surface area contributed by atoms with E-state index in [0.29, 0.717) is 0 Å². The Morgan fingerprint density at radius 3 is 1.07 bits per heavy atom. The molecule has 41 heavy (non-hydrogen) atoms. The molecule has 0 aromatic heterocycles. The second-order valence-corrected chi connectivity index (χ2v) is 13.6. The molecule has 0 spiro atoms. The molecule has 214 valence electrons. The van der Waals surface area contributed by atoms with Gasteiger partial charge in [-0.25, -0.2) is 0 Å². The van der Waals surface area contributed by atoms with Gasteiger partial charge in [-0.15, -0.1) is 0 Å².